The second kappa shape index (κ2) is 45.0. The first-order valence-corrected chi connectivity index (χ1v) is 27.2. The first kappa shape index (κ1) is 62.8. The quantitative estimate of drug-likeness (QED) is 0.0215. The van der Waals surface area contributed by atoms with Crippen LogP contribution in [0, 0.1) is 0 Å². The molecule has 0 aromatic heterocycles. The van der Waals surface area contributed by atoms with Crippen LogP contribution < -0.4 is 5.32 Å². The molecule has 1 amide bonds. The number of carbonyl (C=O) groups excluding carboxylic acids is 1. The van der Waals surface area contributed by atoms with E-state index in [2.05, 4.69) is 79.9 Å². The average molecular weight is 948 g/mol. The van der Waals surface area contributed by atoms with Crippen molar-refractivity contribution >= 4 is 5.91 Å². The van der Waals surface area contributed by atoms with Gasteiger partial charge in [-0.2, -0.15) is 0 Å². The van der Waals surface area contributed by atoms with Gasteiger partial charge in [-0.25, -0.2) is 0 Å². The molecule has 0 aromatic rings. The molecule has 390 valence electrons. The minimum atomic E-state index is -1.68. The molecular formula is C56H101NO10. The van der Waals surface area contributed by atoms with Crippen LogP contribution in [0.3, 0.4) is 0 Å². The molecule has 0 bridgehead atoms. The van der Waals surface area contributed by atoms with Gasteiger partial charge in [-0.05, 0) is 96.3 Å². The Morgan fingerprint density at radius 3 is 1.45 bits per heavy atom. The van der Waals surface area contributed by atoms with E-state index in [1.807, 2.05) is 0 Å². The summed E-state index contributed by atoms with van der Waals surface area (Å²) in [4.78, 5) is 13.1. The first-order valence-electron chi connectivity index (χ1n) is 27.2. The maximum absolute atomic E-state index is 13.1. The largest absolute Gasteiger partial charge is 0.394 e. The highest BCUT2D eigenvalue weighted by Crippen LogP contribution is 2.23. The number of hydrogen-bond donors (Lipinski definition) is 8. The Morgan fingerprint density at radius 1 is 0.522 bits per heavy atom. The van der Waals surface area contributed by atoms with E-state index in [0.717, 1.165) is 70.6 Å². The number of hydrogen-bond acceptors (Lipinski definition) is 10. The molecule has 1 aliphatic rings. The SMILES string of the molecule is CCCCC/C=C/CC/C=C/CC/C=C/CCCC(O)C(O)C(COC1OC(CO)C(O)C(O)C1O)NC(=O)C(O)CCCCCCCCCC/C=C\C/C=C\CCCCCCCCCCC. The van der Waals surface area contributed by atoms with Crippen molar-refractivity contribution in [2.45, 2.75) is 274 Å². The summed E-state index contributed by atoms with van der Waals surface area (Å²) in [6.45, 7) is 3.40. The van der Waals surface area contributed by atoms with Crippen LogP contribution in [-0.4, -0.2) is 110 Å². The highest BCUT2D eigenvalue weighted by molar-refractivity contribution is 5.80. The van der Waals surface area contributed by atoms with Gasteiger partial charge in [0.15, 0.2) is 6.29 Å². The molecule has 1 rings (SSSR count). The Bertz CT molecular complexity index is 1270. The summed E-state index contributed by atoms with van der Waals surface area (Å²) in [5.41, 5.74) is 0. The molecular weight excluding hydrogens is 847 g/mol. The van der Waals surface area contributed by atoms with Crippen molar-refractivity contribution < 1.29 is 50.0 Å². The van der Waals surface area contributed by atoms with Crippen LogP contribution in [-0.2, 0) is 14.3 Å². The van der Waals surface area contributed by atoms with Crippen LogP contribution in [0.2, 0.25) is 0 Å². The molecule has 9 atom stereocenters. The minimum Gasteiger partial charge on any atom is -0.394 e. The van der Waals surface area contributed by atoms with Crippen molar-refractivity contribution in [3.05, 3.63) is 60.8 Å². The lowest BCUT2D eigenvalue weighted by atomic mass is 9.98. The van der Waals surface area contributed by atoms with Crippen LogP contribution in [0.25, 0.3) is 0 Å². The number of rotatable bonds is 45. The maximum Gasteiger partial charge on any atom is 0.249 e. The van der Waals surface area contributed by atoms with E-state index < -0.39 is 74.2 Å². The summed E-state index contributed by atoms with van der Waals surface area (Å²) in [6, 6.07) is -1.20. The molecule has 0 aliphatic carbocycles. The highest BCUT2D eigenvalue weighted by atomic mass is 16.7. The van der Waals surface area contributed by atoms with Crippen molar-refractivity contribution in [2.75, 3.05) is 13.2 Å². The van der Waals surface area contributed by atoms with Crippen molar-refractivity contribution in [2.24, 2.45) is 0 Å². The number of nitrogens with one attached hydrogen (secondary N) is 1. The fourth-order valence-electron chi connectivity index (χ4n) is 8.27. The monoisotopic (exact) mass is 948 g/mol. The van der Waals surface area contributed by atoms with E-state index in [-0.39, 0.29) is 12.8 Å². The van der Waals surface area contributed by atoms with Gasteiger partial charge < -0.3 is 50.5 Å². The average Bonchev–Trinajstić information content (AvgIpc) is 3.33. The molecule has 67 heavy (non-hydrogen) atoms. The van der Waals surface area contributed by atoms with Gasteiger partial charge in [-0.15, -0.1) is 0 Å². The molecule has 0 radical (unpaired) electrons. The summed E-state index contributed by atoms with van der Waals surface area (Å²) < 4.78 is 11.1. The Labute approximate surface area is 408 Å². The first-order chi connectivity index (χ1) is 32.7. The lowest BCUT2D eigenvalue weighted by molar-refractivity contribution is -0.303. The van der Waals surface area contributed by atoms with Gasteiger partial charge in [-0.1, -0.05) is 184 Å². The van der Waals surface area contributed by atoms with Gasteiger partial charge in [0.25, 0.3) is 0 Å². The number of amides is 1. The fourth-order valence-corrected chi connectivity index (χ4v) is 8.27. The fraction of sp³-hybridized carbons (Fsp3) is 0.804. The predicted molar refractivity (Wildman–Crippen MR) is 274 cm³/mol. The predicted octanol–water partition coefficient (Wildman–Crippen LogP) is 10.7. The molecule has 1 fully saturated rings. The van der Waals surface area contributed by atoms with E-state index in [0.29, 0.717) is 19.3 Å². The van der Waals surface area contributed by atoms with Crippen LogP contribution in [0.4, 0.5) is 0 Å². The number of ether oxygens (including phenoxy) is 2. The molecule has 1 saturated heterocycles. The van der Waals surface area contributed by atoms with E-state index in [1.165, 1.54) is 103 Å². The van der Waals surface area contributed by atoms with Gasteiger partial charge in [0.1, 0.15) is 36.6 Å². The summed E-state index contributed by atoms with van der Waals surface area (Å²) >= 11 is 0. The topological polar surface area (TPSA) is 189 Å². The van der Waals surface area contributed by atoms with Crippen LogP contribution >= 0.6 is 0 Å². The lowest BCUT2D eigenvalue weighted by Crippen LogP contribution is -2.60. The molecule has 8 N–H and O–H groups in total. The third kappa shape index (κ3) is 33.9. The third-order valence-electron chi connectivity index (χ3n) is 12.7. The van der Waals surface area contributed by atoms with E-state index in [9.17, 15) is 40.5 Å². The van der Waals surface area contributed by atoms with Gasteiger partial charge in [-0.3, -0.25) is 4.79 Å². The number of aliphatic hydroxyl groups is 7. The van der Waals surface area contributed by atoms with Gasteiger partial charge in [0.2, 0.25) is 5.91 Å². The summed E-state index contributed by atoms with van der Waals surface area (Å²) in [7, 11) is 0. The van der Waals surface area contributed by atoms with E-state index in [1.54, 1.807) is 0 Å². The molecule has 0 spiro atoms. The van der Waals surface area contributed by atoms with Crippen LogP contribution in [0.15, 0.2) is 60.8 Å². The second-order valence-corrected chi connectivity index (χ2v) is 18.9. The van der Waals surface area contributed by atoms with Crippen molar-refractivity contribution in [3.8, 4) is 0 Å². The minimum absolute atomic E-state index is 0.237. The standard InChI is InChI=1S/C56H101NO10/c1-3-5-7-9-11-13-15-17-19-21-22-23-24-25-26-27-28-30-32-34-36-38-40-42-44-49(60)55(65)57-47(46-66-56-54(64)53(63)52(62)50(45-58)67-56)51(61)48(59)43-41-39-37-35-33-31-29-20-18-16-14-12-10-8-6-4-2/h12,14,20,22-23,25-26,29,35,37,47-54,56,58-64H,3-11,13,15-19,21,24,27-28,30-34,36,38-46H2,1-2H3,(H,57,65)/b14-12+,23-22-,26-25-,29-20+,37-35+. The Morgan fingerprint density at radius 2 is 0.940 bits per heavy atom. The van der Waals surface area contributed by atoms with Gasteiger partial charge in [0, 0.05) is 0 Å². The van der Waals surface area contributed by atoms with Crippen molar-refractivity contribution in [1.29, 1.82) is 0 Å². The molecule has 1 heterocycles. The smallest absolute Gasteiger partial charge is 0.249 e. The molecule has 9 unspecified atom stereocenters. The summed E-state index contributed by atoms with van der Waals surface area (Å²) in [5, 5.41) is 75.9. The highest BCUT2D eigenvalue weighted by Gasteiger charge is 2.44. The number of unbranched alkanes of at least 4 members (excludes halogenated alkanes) is 23. The van der Waals surface area contributed by atoms with E-state index >= 15 is 0 Å². The maximum atomic E-state index is 13.1. The van der Waals surface area contributed by atoms with Crippen LogP contribution in [0.1, 0.15) is 219 Å². The molecule has 1 aliphatic heterocycles. The zero-order valence-corrected chi connectivity index (χ0v) is 42.4. The third-order valence-corrected chi connectivity index (χ3v) is 12.7. The van der Waals surface area contributed by atoms with Gasteiger partial charge >= 0.3 is 0 Å². The Hall–Kier alpha value is -2.19. The summed E-state index contributed by atoms with van der Waals surface area (Å²) in [5.74, 6) is -0.719. The van der Waals surface area contributed by atoms with Crippen molar-refractivity contribution in [3.63, 3.8) is 0 Å². The number of carbonyl (C=O) groups is 1. The van der Waals surface area contributed by atoms with Gasteiger partial charge in [0.05, 0.1) is 25.4 Å². The zero-order valence-electron chi connectivity index (χ0n) is 42.4. The lowest BCUT2D eigenvalue weighted by Gasteiger charge is -2.40. The number of allylic oxidation sites excluding steroid dienone is 10. The summed E-state index contributed by atoms with van der Waals surface area (Å²) in [6.07, 6.45) is 45.5. The molecule has 11 heteroatoms. The Balaban J connectivity index is 2.38. The number of aliphatic hydroxyl groups excluding tert-OH is 7. The normalized spacial score (nSPS) is 21.1. The second-order valence-electron chi connectivity index (χ2n) is 18.9. The molecule has 11 nitrogen and oxygen atoms in total. The Kier molecular flexibility index (Phi) is 42.2. The van der Waals surface area contributed by atoms with Crippen molar-refractivity contribution in [1.82, 2.24) is 5.32 Å². The van der Waals surface area contributed by atoms with Crippen LogP contribution in [0.5, 0.6) is 0 Å². The molecule has 0 saturated carbocycles. The molecule has 0 aromatic carbocycles. The van der Waals surface area contributed by atoms with E-state index in [4.69, 9.17) is 9.47 Å². The zero-order chi connectivity index (χ0) is 49.0.